The maximum absolute atomic E-state index is 11.3. The predicted molar refractivity (Wildman–Crippen MR) is 96.8 cm³/mol. The first-order valence-electron chi connectivity index (χ1n) is 6.88. The highest BCUT2D eigenvalue weighted by atomic mass is 127. The summed E-state index contributed by atoms with van der Waals surface area (Å²) in [6, 6.07) is 3.99. The number of aliphatic imine (C=N–C) groups is 1. The molecule has 6 nitrogen and oxygen atoms in total. The Morgan fingerprint density at radius 2 is 1.90 bits per heavy atom. The molecule has 0 aliphatic rings. The fraction of sp³-hybridized carbons (Fsp3) is 0.571. The first-order chi connectivity index (χ1) is 9.45. The average Bonchev–Trinajstić information content (AvgIpc) is 2.89. The summed E-state index contributed by atoms with van der Waals surface area (Å²) in [5, 5.41) is 6.39. The number of carbonyl (C=O) groups is 1. The van der Waals surface area contributed by atoms with Crippen LogP contribution in [0.1, 0.15) is 20.8 Å². The van der Waals surface area contributed by atoms with Gasteiger partial charge in [-0.15, -0.1) is 24.0 Å². The van der Waals surface area contributed by atoms with Crippen molar-refractivity contribution in [3.63, 3.8) is 0 Å². The van der Waals surface area contributed by atoms with E-state index < -0.39 is 5.41 Å². The summed E-state index contributed by atoms with van der Waals surface area (Å²) >= 11 is 0. The van der Waals surface area contributed by atoms with E-state index in [1.165, 1.54) is 0 Å². The second-order valence-electron chi connectivity index (χ2n) is 5.29. The van der Waals surface area contributed by atoms with Gasteiger partial charge in [0.1, 0.15) is 0 Å². The van der Waals surface area contributed by atoms with Gasteiger partial charge >= 0.3 is 0 Å². The first kappa shape index (κ1) is 19.8. The van der Waals surface area contributed by atoms with E-state index in [-0.39, 0.29) is 29.9 Å². The number of hydrogen-bond acceptors (Lipinski definition) is 2. The molecule has 0 spiro atoms. The maximum atomic E-state index is 11.3. The van der Waals surface area contributed by atoms with E-state index in [0.717, 1.165) is 19.6 Å². The number of rotatable bonds is 7. The van der Waals surface area contributed by atoms with Gasteiger partial charge in [-0.05, 0) is 32.9 Å². The summed E-state index contributed by atoms with van der Waals surface area (Å²) in [6.07, 6.45) is 4.03. The minimum Gasteiger partial charge on any atom is -0.369 e. The van der Waals surface area contributed by atoms with Crippen LogP contribution in [0.5, 0.6) is 0 Å². The Hall–Kier alpha value is -1.25. The Kier molecular flexibility index (Phi) is 9.07. The third kappa shape index (κ3) is 7.35. The van der Waals surface area contributed by atoms with Crippen molar-refractivity contribution in [2.75, 3.05) is 19.6 Å². The van der Waals surface area contributed by atoms with Crippen molar-refractivity contribution >= 4 is 35.8 Å². The molecule has 0 unspecified atom stereocenters. The summed E-state index contributed by atoms with van der Waals surface area (Å²) in [7, 11) is 0. The summed E-state index contributed by atoms with van der Waals surface area (Å²) in [5.41, 5.74) is 4.71. The molecule has 4 N–H and O–H groups in total. The van der Waals surface area contributed by atoms with Crippen LogP contribution in [-0.2, 0) is 11.3 Å². The second-order valence-corrected chi connectivity index (χ2v) is 5.29. The van der Waals surface area contributed by atoms with E-state index in [2.05, 4.69) is 20.2 Å². The van der Waals surface area contributed by atoms with Crippen molar-refractivity contribution in [2.24, 2.45) is 16.1 Å². The highest BCUT2D eigenvalue weighted by molar-refractivity contribution is 14.0. The number of nitrogens with zero attached hydrogens (tertiary/aromatic N) is 2. The number of nitrogens with one attached hydrogen (secondary N) is 2. The molecular formula is C14H26IN5O. The van der Waals surface area contributed by atoms with Crippen LogP contribution in [0.25, 0.3) is 0 Å². The van der Waals surface area contributed by atoms with Gasteiger partial charge in [-0.3, -0.25) is 9.79 Å². The number of carbonyl (C=O) groups excluding carboxylic acids is 1. The van der Waals surface area contributed by atoms with Crippen LogP contribution >= 0.6 is 24.0 Å². The lowest BCUT2D eigenvalue weighted by molar-refractivity contribution is -0.125. The van der Waals surface area contributed by atoms with Gasteiger partial charge in [-0.25, -0.2) is 0 Å². The standard InChI is InChI=1S/C14H25N5O.HI/c1-4-16-13(18-11-14(2,3)12(15)20)17-7-10-19-8-5-6-9-19;/h5-6,8-9H,4,7,10-11H2,1-3H3,(H2,15,20)(H2,16,17,18);1H. The quantitative estimate of drug-likeness (QED) is 0.361. The monoisotopic (exact) mass is 407 g/mol. The highest BCUT2D eigenvalue weighted by Gasteiger charge is 2.24. The molecule has 0 saturated heterocycles. The molecule has 1 heterocycles. The Bertz CT molecular complexity index is 442. The zero-order valence-electron chi connectivity index (χ0n) is 12.9. The van der Waals surface area contributed by atoms with Gasteiger partial charge in [-0.1, -0.05) is 0 Å². The molecule has 0 saturated carbocycles. The highest BCUT2D eigenvalue weighted by Crippen LogP contribution is 2.13. The Balaban J connectivity index is 0.00000400. The number of hydrogen-bond donors (Lipinski definition) is 3. The predicted octanol–water partition coefficient (Wildman–Crippen LogP) is 1.17. The summed E-state index contributed by atoms with van der Waals surface area (Å²) in [4.78, 5) is 15.7. The Morgan fingerprint density at radius 3 is 2.43 bits per heavy atom. The lowest BCUT2D eigenvalue weighted by atomic mass is 9.93. The van der Waals surface area contributed by atoms with Crippen LogP contribution in [0, 0.1) is 5.41 Å². The first-order valence-corrected chi connectivity index (χ1v) is 6.88. The molecule has 0 aromatic carbocycles. The van der Waals surface area contributed by atoms with Gasteiger partial charge < -0.3 is 20.9 Å². The van der Waals surface area contributed by atoms with Crippen molar-refractivity contribution in [1.82, 2.24) is 15.2 Å². The maximum Gasteiger partial charge on any atom is 0.224 e. The molecule has 0 bridgehead atoms. The van der Waals surface area contributed by atoms with Crippen LogP contribution in [0.4, 0.5) is 0 Å². The number of amides is 1. The van der Waals surface area contributed by atoms with Crippen molar-refractivity contribution in [2.45, 2.75) is 27.3 Å². The molecular weight excluding hydrogens is 381 g/mol. The van der Waals surface area contributed by atoms with Gasteiger partial charge in [0.25, 0.3) is 0 Å². The second kappa shape index (κ2) is 9.64. The molecule has 1 aromatic rings. The van der Waals surface area contributed by atoms with Crippen molar-refractivity contribution in [1.29, 1.82) is 0 Å². The van der Waals surface area contributed by atoms with Crippen LogP contribution in [0.3, 0.4) is 0 Å². The minimum atomic E-state index is -0.636. The van der Waals surface area contributed by atoms with Crippen LogP contribution in [-0.4, -0.2) is 36.1 Å². The lowest BCUT2D eigenvalue weighted by Crippen LogP contribution is -2.41. The van der Waals surface area contributed by atoms with E-state index in [1.807, 2.05) is 31.5 Å². The third-order valence-electron chi connectivity index (χ3n) is 2.97. The van der Waals surface area contributed by atoms with Crippen molar-refractivity contribution < 1.29 is 4.79 Å². The fourth-order valence-corrected chi connectivity index (χ4v) is 1.52. The van der Waals surface area contributed by atoms with E-state index in [4.69, 9.17) is 5.73 Å². The average molecular weight is 407 g/mol. The summed E-state index contributed by atoms with van der Waals surface area (Å²) in [5.74, 6) is 0.360. The number of halogens is 1. The molecule has 1 aromatic heterocycles. The van der Waals surface area contributed by atoms with Gasteiger partial charge in [0, 0.05) is 32.0 Å². The Morgan fingerprint density at radius 1 is 1.29 bits per heavy atom. The molecule has 7 heteroatoms. The topological polar surface area (TPSA) is 84.4 Å². The summed E-state index contributed by atoms with van der Waals surface area (Å²) in [6.45, 7) is 8.34. The number of primary amides is 1. The molecule has 0 aliphatic carbocycles. The largest absolute Gasteiger partial charge is 0.369 e. The fourth-order valence-electron chi connectivity index (χ4n) is 1.52. The number of aromatic nitrogens is 1. The van der Waals surface area contributed by atoms with E-state index in [1.54, 1.807) is 13.8 Å². The van der Waals surface area contributed by atoms with Gasteiger partial charge in [0.05, 0.1) is 12.0 Å². The SMILES string of the molecule is CCNC(=NCC(C)(C)C(N)=O)NCCn1cccc1.I. The van der Waals surface area contributed by atoms with Crippen LogP contribution in [0.2, 0.25) is 0 Å². The van der Waals surface area contributed by atoms with Crippen LogP contribution < -0.4 is 16.4 Å². The van der Waals surface area contributed by atoms with E-state index >= 15 is 0 Å². The molecule has 0 aliphatic heterocycles. The molecule has 120 valence electrons. The van der Waals surface area contributed by atoms with Gasteiger partial charge in [-0.2, -0.15) is 0 Å². The minimum absolute atomic E-state index is 0. The van der Waals surface area contributed by atoms with Crippen molar-refractivity contribution in [3.8, 4) is 0 Å². The zero-order valence-corrected chi connectivity index (χ0v) is 15.3. The molecule has 0 radical (unpaired) electrons. The molecule has 1 rings (SSSR count). The number of nitrogens with two attached hydrogens (primary N) is 1. The van der Waals surface area contributed by atoms with E-state index in [0.29, 0.717) is 12.5 Å². The Labute approximate surface area is 143 Å². The zero-order chi connectivity index (χ0) is 15.0. The molecule has 21 heavy (non-hydrogen) atoms. The number of guanidine groups is 1. The van der Waals surface area contributed by atoms with E-state index in [9.17, 15) is 4.79 Å². The molecule has 1 amide bonds. The van der Waals surface area contributed by atoms with Gasteiger partial charge in [0.2, 0.25) is 5.91 Å². The summed E-state index contributed by atoms with van der Waals surface area (Å²) < 4.78 is 2.09. The van der Waals surface area contributed by atoms with Gasteiger partial charge in [0.15, 0.2) is 5.96 Å². The molecule has 0 atom stereocenters. The smallest absolute Gasteiger partial charge is 0.224 e. The molecule has 0 fully saturated rings. The lowest BCUT2D eigenvalue weighted by Gasteiger charge is -2.19. The third-order valence-corrected chi connectivity index (χ3v) is 2.97. The van der Waals surface area contributed by atoms with Crippen molar-refractivity contribution in [3.05, 3.63) is 24.5 Å². The normalized spacial score (nSPS) is 11.7. The van der Waals surface area contributed by atoms with Crippen LogP contribution in [0.15, 0.2) is 29.5 Å².